The number of ether oxygens (including phenoxy) is 1. The molecule has 0 spiro atoms. The Kier molecular flexibility index (Phi) is 3.70. The number of fused-ring (bicyclic) bond motifs is 1. The molecular formula is C20H18ClN3O. The van der Waals surface area contributed by atoms with Gasteiger partial charge in [-0.3, -0.25) is 0 Å². The van der Waals surface area contributed by atoms with Crippen molar-refractivity contribution in [3.63, 3.8) is 0 Å². The van der Waals surface area contributed by atoms with Gasteiger partial charge >= 0.3 is 0 Å². The molecule has 0 unspecified atom stereocenters. The van der Waals surface area contributed by atoms with Crippen LogP contribution in [0, 0.1) is 11.3 Å². The molecule has 1 aliphatic rings. The summed E-state index contributed by atoms with van der Waals surface area (Å²) in [4.78, 5) is 8.02. The maximum Gasteiger partial charge on any atom is 0.140 e. The number of methoxy groups -OCH3 is 1. The van der Waals surface area contributed by atoms with E-state index in [1.807, 2.05) is 24.3 Å². The topological polar surface area (TPSA) is 61.7 Å². The van der Waals surface area contributed by atoms with E-state index >= 15 is 0 Å². The molecule has 1 aromatic carbocycles. The number of H-pyrrole nitrogens is 1. The molecule has 0 radical (unpaired) electrons. The van der Waals surface area contributed by atoms with Crippen molar-refractivity contribution in [3.8, 4) is 11.8 Å². The molecular weight excluding hydrogens is 334 g/mol. The molecule has 1 saturated carbocycles. The number of nitriles is 1. The van der Waals surface area contributed by atoms with E-state index in [9.17, 15) is 0 Å². The highest BCUT2D eigenvalue weighted by molar-refractivity contribution is 6.32. The maximum absolute atomic E-state index is 9.10. The summed E-state index contributed by atoms with van der Waals surface area (Å²) in [7, 11) is 1.63. The Morgan fingerprint density at radius 2 is 2.16 bits per heavy atom. The molecule has 1 N–H and O–H groups in total. The lowest BCUT2D eigenvalue weighted by Gasteiger charge is -2.11. The van der Waals surface area contributed by atoms with Crippen LogP contribution in [0.2, 0.25) is 5.02 Å². The highest BCUT2D eigenvalue weighted by Gasteiger charge is 2.42. The van der Waals surface area contributed by atoms with Gasteiger partial charge in [-0.1, -0.05) is 24.6 Å². The van der Waals surface area contributed by atoms with Gasteiger partial charge in [0.1, 0.15) is 17.5 Å². The van der Waals surface area contributed by atoms with Gasteiger partial charge in [-0.2, -0.15) is 5.26 Å². The number of hydrogen-bond acceptors (Lipinski definition) is 3. The molecule has 1 aliphatic carbocycles. The molecule has 4 rings (SSSR count). The number of hydrogen-bond donors (Lipinski definition) is 1. The minimum absolute atomic E-state index is 0.181. The fourth-order valence-corrected chi connectivity index (χ4v) is 3.61. The van der Waals surface area contributed by atoms with Crippen molar-refractivity contribution in [2.75, 3.05) is 7.11 Å². The summed E-state index contributed by atoms with van der Waals surface area (Å²) in [5.74, 6) is 0.667. The molecule has 0 saturated heterocycles. The Bertz CT molecular complexity index is 1010. The van der Waals surface area contributed by atoms with E-state index in [4.69, 9.17) is 21.6 Å². The third-order valence-corrected chi connectivity index (χ3v) is 5.36. The molecule has 0 aliphatic heterocycles. The second-order valence-corrected chi connectivity index (χ2v) is 7.28. The number of benzene rings is 1. The minimum atomic E-state index is 0.181. The van der Waals surface area contributed by atoms with Crippen molar-refractivity contribution in [1.29, 1.82) is 5.26 Å². The number of aromatic amines is 1. The van der Waals surface area contributed by atoms with E-state index in [2.05, 4.69) is 23.0 Å². The monoisotopic (exact) mass is 351 g/mol. The van der Waals surface area contributed by atoms with E-state index < -0.39 is 0 Å². The number of rotatable bonds is 4. The first-order valence-electron chi connectivity index (χ1n) is 8.29. The summed E-state index contributed by atoms with van der Waals surface area (Å²) >= 11 is 6.30. The van der Waals surface area contributed by atoms with Crippen LogP contribution >= 0.6 is 11.6 Å². The number of aromatic nitrogens is 2. The maximum atomic E-state index is 9.10. The van der Waals surface area contributed by atoms with E-state index in [1.54, 1.807) is 13.2 Å². The average Bonchev–Trinajstić information content (AvgIpc) is 3.27. The SMILES string of the molecule is COc1cc2c(Cc3cccc(C#N)n3)c(C3(C)CC3)[nH]c2cc1Cl. The fraction of sp³-hybridized carbons (Fsp3) is 0.300. The van der Waals surface area contributed by atoms with Gasteiger partial charge in [0.05, 0.1) is 12.1 Å². The van der Waals surface area contributed by atoms with Crippen LogP contribution in [0.1, 0.15) is 42.4 Å². The lowest BCUT2D eigenvalue weighted by atomic mass is 9.96. The fourth-order valence-electron chi connectivity index (χ4n) is 3.37. The normalized spacial score (nSPS) is 15.1. The van der Waals surface area contributed by atoms with Gasteiger partial charge in [0, 0.05) is 34.1 Å². The summed E-state index contributed by atoms with van der Waals surface area (Å²) in [5, 5.41) is 10.8. The molecule has 2 heterocycles. The van der Waals surface area contributed by atoms with Crippen molar-refractivity contribution in [2.45, 2.75) is 31.6 Å². The highest BCUT2D eigenvalue weighted by Crippen LogP contribution is 2.50. The third kappa shape index (κ3) is 2.75. The van der Waals surface area contributed by atoms with E-state index in [1.165, 1.54) is 24.1 Å². The van der Waals surface area contributed by atoms with Crippen molar-refractivity contribution in [3.05, 3.63) is 58.0 Å². The Hall–Kier alpha value is -2.51. The van der Waals surface area contributed by atoms with Crippen LogP contribution in [0.4, 0.5) is 0 Å². The first-order chi connectivity index (χ1) is 12.0. The van der Waals surface area contributed by atoms with Gasteiger partial charge < -0.3 is 9.72 Å². The third-order valence-electron chi connectivity index (χ3n) is 5.06. The molecule has 0 bridgehead atoms. The van der Waals surface area contributed by atoms with Crippen LogP contribution in [0.5, 0.6) is 5.75 Å². The van der Waals surface area contributed by atoms with Crippen LogP contribution in [0.25, 0.3) is 10.9 Å². The van der Waals surface area contributed by atoms with Crippen molar-refractivity contribution < 1.29 is 4.74 Å². The van der Waals surface area contributed by atoms with E-state index in [0.29, 0.717) is 22.9 Å². The van der Waals surface area contributed by atoms with Crippen LogP contribution in [-0.4, -0.2) is 17.1 Å². The van der Waals surface area contributed by atoms with Crippen LogP contribution in [-0.2, 0) is 11.8 Å². The molecule has 5 heteroatoms. The largest absolute Gasteiger partial charge is 0.495 e. The first kappa shape index (κ1) is 16.0. The molecule has 0 amide bonds. The molecule has 126 valence electrons. The number of halogens is 1. The summed E-state index contributed by atoms with van der Waals surface area (Å²) in [5.41, 5.74) is 4.99. The number of nitrogens with zero attached hydrogens (tertiary/aromatic N) is 2. The van der Waals surface area contributed by atoms with Gasteiger partial charge in [0.25, 0.3) is 0 Å². The summed E-state index contributed by atoms with van der Waals surface area (Å²) < 4.78 is 5.40. The van der Waals surface area contributed by atoms with Crippen LogP contribution in [0.15, 0.2) is 30.3 Å². The minimum Gasteiger partial charge on any atom is -0.495 e. The zero-order chi connectivity index (χ0) is 17.6. The Morgan fingerprint density at radius 1 is 1.36 bits per heavy atom. The van der Waals surface area contributed by atoms with Gasteiger partial charge in [-0.25, -0.2) is 4.98 Å². The Labute approximate surface area is 151 Å². The predicted octanol–water partition coefficient (Wildman–Crippen LogP) is 4.74. The van der Waals surface area contributed by atoms with Crippen molar-refractivity contribution in [2.24, 2.45) is 0 Å². The second-order valence-electron chi connectivity index (χ2n) is 6.87. The van der Waals surface area contributed by atoms with Crippen LogP contribution in [0.3, 0.4) is 0 Å². The Morgan fingerprint density at radius 3 is 2.84 bits per heavy atom. The number of pyridine rings is 1. The van der Waals surface area contributed by atoms with Gasteiger partial charge in [-0.15, -0.1) is 0 Å². The van der Waals surface area contributed by atoms with Gasteiger partial charge in [-0.05, 0) is 42.7 Å². The predicted molar refractivity (Wildman–Crippen MR) is 98.2 cm³/mol. The molecule has 25 heavy (non-hydrogen) atoms. The standard InChI is InChI=1S/C20H18ClN3O/c1-20(6-7-20)19-15(8-12-4-3-5-13(11-22)23-12)14-9-18(25-2)16(21)10-17(14)24-19/h3-5,9-10,24H,6-8H2,1-2H3. The first-order valence-corrected chi connectivity index (χ1v) is 8.66. The number of nitrogens with one attached hydrogen (secondary N) is 1. The molecule has 4 nitrogen and oxygen atoms in total. The van der Waals surface area contributed by atoms with Gasteiger partial charge in [0.15, 0.2) is 0 Å². The smallest absolute Gasteiger partial charge is 0.140 e. The van der Waals surface area contributed by atoms with E-state index in [-0.39, 0.29) is 5.41 Å². The van der Waals surface area contributed by atoms with E-state index in [0.717, 1.165) is 16.6 Å². The zero-order valence-electron chi connectivity index (χ0n) is 14.2. The lowest BCUT2D eigenvalue weighted by molar-refractivity contribution is 0.415. The molecule has 1 fully saturated rings. The van der Waals surface area contributed by atoms with Crippen molar-refractivity contribution >= 4 is 22.5 Å². The van der Waals surface area contributed by atoms with Gasteiger partial charge in [0.2, 0.25) is 0 Å². The Balaban J connectivity index is 1.89. The second kappa shape index (κ2) is 5.79. The quantitative estimate of drug-likeness (QED) is 0.738. The highest BCUT2D eigenvalue weighted by atomic mass is 35.5. The van der Waals surface area contributed by atoms with Crippen molar-refractivity contribution in [1.82, 2.24) is 9.97 Å². The summed E-state index contributed by atoms with van der Waals surface area (Å²) in [6.07, 6.45) is 3.01. The summed E-state index contributed by atoms with van der Waals surface area (Å²) in [6.45, 7) is 2.28. The average molecular weight is 352 g/mol. The summed E-state index contributed by atoms with van der Waals surface area (Å²) in [6, 6.07) is 11.6. The lowest BCUT2D eigenvalue weighted by Crippen LogP contribution is -2.05. The molecule has 3 aromatic rings. The molecule has 2 aromatic heterocycles. The zero-order valence-corrected chi connectivity index (χ0v) is 14.9. The van der Waals surface area contributed by atoms with Crippen LogP contribution < -0.4 is 4.74 Å². The molecule has 0 atom stereocenters.